The third-order valence-electron chi connectivity index (χ3n) is 2.70. The second kappa shape index (κ2) is 5.19. The van der Waals surface area contributed by atoms with E-state index < -0.39 is 11.7 Å². The normalized spacial score (nSPS) is 11.6. The molecule has 0 atom stereocenters. The second-order valence-corrected chi connectivity index (χ2v) is 4.36. The average molecular weight is 287 g/mol. The molecule has 0 unspecified atom stereocenters. The summed E-state index contributed by atoms with van der Waals surface area (Å²) in [7, 11) is 0. The Hall–Kier alpha value is -1.59. The van der Waals surface area contributed by atoms with E-state index in [9.17, 15) is 13.2 Å². The number of alkyl halides is 3. The van der Waals surface area contributed by atoms with Gasteiger partial charge in [0.1, 0.15) is 0 Å². The molecule has 0 saturated carbocycles. The number of halogens is 4. The Balaban J connectivity index is 2.66. The van der Waals surface area contributed by atoms with Gasteiger partial charge in [-0.3, -0.25) is 4.98 Å². The van der Waals surface area contributed by atoms with Gasteiger partial charge in [-0.1, -0.05) is 17.7 Å². The molecule has 19 heavy (non-hydrogen) atoms. The topological polar surface area (TPSA) is 38.9 Å². The van der Waals surface area contributed by atoms with Gasteiger partial charge in [-0.05, 0) is 29.3 Å². The van der Waals surface area contributed by atoms with Gasteiger partial charge in [0.05, 0.1) is 5.56 Å². The highest BCUT2D eigenvalue weighted by Gasteiger charge is 2.33. The van der Waals surface area contributed by atoms with E-state index in [1.807, 2.05) is 0 Å². The maximum Gasteiger partial charge on any atom is 0.417 e. The monoisotopic (exact) mass is 286 g/mol. The fourth-order valence-corrected chi connectivity index (χ4v) is 2.04. The summed E-state index contributed by atoms with van der Waals surface area (Å²) in [5.74, 6) is 0. The smallest absolute Gasteiger partial charge is 0.326 e. The van der Waals surface area contributed by atoms with Crippen molar-refractivity contribution in [1.82, 2.24) is 4.98 Å². The highest BCUT2D eigenvalue weighted by atomic mass is 35.5. The molecule has 0 spiro atoms. The Morgan fingerprint density at radius 2 is 1.89 bits per heavy atom. The minimum Gasteiger partial charge on any atom is -0.326 e. The summed E-state index contributed by atoms with van der Waals surface area (Å²) in [5, 5.41) is 0.432. The van der Waals surface area contributed by atoms with E-state index >= 15 is 0 Å². The summed E-state index contributed by atoms with van der Waals surface area (Å²) < 4.78 is 38.9. The first-order chi connectivity index (χ1) is 8.93. The molecule has 0 aliphatic carbocycles. The predicted octanol–water partition coefficient (Wildman–Crippen LogP) is 3.88. The van der Waals surface area contributed by atoms with Crippen LogP contribution in [0.4, 0.5) is 13.2 Å². The van der Waals surface area contributed by atoms with Crippen LogP contribution in [0.3, 0.4) is 0 Å². The fraction of sp³-hybridized carbons (Fsp3) is 0.154. The van der Waals surface area contributed by atoms with Gasteiger partial charge in [0, 0.05) is 29.5 Å². The van der Waals surface area contributed by atoms with Crippen molar-refractivity contribution in [2.75, 3.05) is 0 Å². The lowest BCUT2D eigenvalue weighted by molar-refractivity contribution is -0.137. The predicted molar refractivity (Wildman–Crippen MR) is 67.6 cm³/mol. The van der Waals surface area contributed by atoms with Crippen molar-refractivity contribution < 1.29 is 13.2 Å². The van der Waals surface area contributed by atoms with Gasteiger partial charge in [-0.2, -0.15) is 13.2 Å². The number of nitrogens with zero attached hydrogens (tertiary/aromatic N) is 1. The Morgan fingerprint density at radius 1 is 1.16 bits per heavy atom. The summed E-state index contributed by atoms with van der Waals surface area (Å²) in [6.07, 6.45) is -2.14. The Labute approximate surface area is 113 Å². The molecule has 2 nitrogen and oxygen atoms in total. The molecular weight excluding hydrogens is 277 g/mol. The maximum absolute atomic E-state index is 13.0. The van der Waals surface area contributed by atoms with Crippen molar-refractivity contribution in [2.45, 2.75) is 12.7 Å². The van der Waals surface area contributed by atoms with Crippen LogP contribution in [-0.4, -0.2) is 4.98 Å². The molecule has 2 rings (SSSR count). The summed E-state index contributed by atoms with van der Waals surface area (Å²) in [6, 6.07) is 5.56. The molecule has 1 aromatic heterocycles. The van der Waals surface area contributed by atoms with Crippen LogP contribution in [0.2, 0.25) is 5.02 Å². The number of hydrogen-bond acceptors (Lipinski definition) is 2. The first-order valence-corrected chi connectivity index (χ1v) is 5.81. The minimum absolute atomic E-state index is 0.00659. The van der Waals surface area contributed by atoms with Gasteiger partial charge < -0.3 is 5.73 Å². The summed E-state index contributed by atoms with van der Waals surface area (Å²) >= 11 is 5.82. The number of rotatable bonds is 2. The molecule has 0 aliphatic rings. The summed E-state index contributed by atoms with van der Waals surface area (Å²) in [5.41, 5.74) is 5.77. The van der Waals surface area contributed by atoms with E-state index in [1.165, 1.54) is 18.3 Å². The lowest BCUT2D eigenvalue weighted by Crippen LogP contribution is -2.09. The van der Waals surface area contributed by atoms with E-state index in [2.05, 4.69) is 4.98 Å². The molecule has 0 radical (unpaired) electrons. The van der Waals surface area contributed by atoms with E-state index in [0.717, 1.165) is 12.3 Å². The minimum atomic E-state index is -4.44. The average Bonchev–Trinajstić information content (AvgIpc) is 2.37. The molecule has 2 N–H and O–H groups in total. The largest absolute Gasteiger partial charge is 0.417 e. The van der Waals surface area contributed by atoms with Crippen molar-refractivity contribution in [1.29, 1.82) is 0 Å². The van der Waals surface area contributed by atoms with Gasteiger partial charge in [0.15, 0.2) is 0 Å². The van der Waals surface area contributed by atoms with Gasteiger partial charge >= 0.3 is 6.18 Å². The van der Waals surface area contributed by atoms with Crippen molar-refractivity contribution in [3.05, 3.63) is 52.8 Å². The molecule has 0 amide bonds. The molecule has 2 aromatic rings. The molecule has 100 valence electrons. The zero-order chi connectivity index (χ0) is 14.0. The molecule has 1 aromatic carbocycles. The van der Waals surface area contributed by atoms with Gasteiger partial charge in [-0.25, -0.2) is 0 Å². The van der Waals surface area contributed by atoms with E-state index in [1.54, 1.807) is 6.07 Å². The van der Waals surface area contributed by atoms with Crippen LogP contribution in [0.25, 0.3) is 11.1 Å². The zero-order valence-electron chi connectivity index (χ0n) is 9.71. The van der Waals surface area contributed by atoms with Gasteiger partial charge in [0.2, 0.25) is 0 Å². The Kier molecular flexibility index (Phi) is 3.78. The van der Waals surface area contributed by atoms with Crippen LogP contribution < -0.4 is 5.73 Å². The number of hydrogen-bond donors (Lipinski definition) is 1. The van der Waals surface area contributed by atoms with Crippen molar-refractivity contribution >= 4 is 11.6 Å². The molecule has 1 heterocycles. The molecule has 0 saturated heterocycles. The number of benzene rings is 1. The summed E-state index contributed by atoms with van der Waals surface area (Å²) in [6.45, 7) is 0.0993. The third-order valence-corrected chi connectivity index (χ3v) is 2.94. The lowest BCUT2D eigenvalue weighted by atomic mass is 9.97. The third kappa shape index (κ3) is 2.88. The highest BCUT2D eigenvalue weighted by molar-refractivity contribution is 6.30. The van der Waals surface area contributed by atoms with E-state index in [4.69, 9.17) is 17.3 Å². The molecule has 6 heteroatoms. The van der Waals surface area contributed by atoms with Crippen LogP contribution in [0.15, 0.2) is 36.7 Å². The van der Waals surface area contributed by atoms with E-state index in [0.29, 0.717) is 16.1 Å². The Morgan fingerprint density at radius 3 is 2.53 bits per heavy atom. The Bertz CT molecular complexity index is 597. The van der Waals surface area contributed by atoms with Crippen LogP contribution in [0.1, 0.15) is 11.1 Å². The van der Waals surface area contributed by atoms with Crippen molar-refractivity contribution in [3.63, 3.8) is 0 Å². The standard InChI is InChI=1S/C13H10ClF3N2/c14-9-1-2-10(8(5-9)6-18)11-7-19-4-3-12(11)13(15,16)17/h1-5,7H,6,18H2. The van der Waals surface area contributed by atoms with Crippen LogP contribution in [0, 0.1) is 0 Å². The van der Waals surface area contributed by atoms with Crippen molar-refractivity contribution in [2.24, 2.45) is 5.73 Å². The first kappa shape index (κ1) is 13.8. The second-order valence-electron chi connectivity index (χ2n) is 3.92. The summed E-state index contributed by atoms with van der Waals surface area (Å²) in [4.78, 5) is 3.76. The SMILES string of the molecule is NCc1cc(Cl)ccc1-c1cnccc1C(F)(F)F. The maximum atomic E-state index is 13.0. The van der Waals surface area contributed by atoms with Gasteiger partial charge in [0.25, 0.3) is 0 Å². The van der Waals surface area contributed by atoms with E-state index in [-0.39, 0.29) is 12.1 Å². The first-order valence-electron chi connectivity index (χ1n) is 5.43. The van der Waals surface area contributed by atoms with Crippen LogP contribution in [0.5, 0.6) is 0 Å². The number of aromatic nitrogens is 1. The van der Waals surface area contributed by atoms with Gasteiger partial charge in [-0.15, -0.1) is 0 Å². The molecule has 0 fully saturated rings. The zero-order valence-corrected chi connectivity index (χ0v) is 10.5. The molecular formula is C13H10ClF3N2. The van der Waals surface area contributed by atoms with Crippen LogP contribution >= 0.6 is 11.6 Å². The quantitative estimate of drug-likeness (QED) is 0.910. The molecule has 0 bridgehead atoms. The number of nitrogens with two attached hydrogens (primary N) is 1. The molecule has 0 aliphatic heterocycles. The fourth-order valence-electron chi connectivity index (χ4n) is 1.85. The highest BCUT2D eigenvalue weighted by Crippen LogP contribution is 2.38. The van der Waals surface area contributed by atoms with Crippen LogP contribution in [-0.2, 0) is 12.7 Å². The number of pyridine rings is 1. The lowest BCUT2D eigenvalue weighted by Gasteiger charge is -2.14. The van der Waals surface area contributed by atoms with Crippen molar-refractivity contribution in [3.8, 4) is 11.1 Å².